The van der Waals surface area contributed by atoms with Crippen molar-refractivity contribution in [1.82, 2.24) is 10.2 Å². The molecule has 0 aliphatic rings. The number of hydrogen-bond acceptors (Lipinski definition) is 2. The van der Waals surface area contributed by atoms with Crippen molar-refractivity contribution in [1.29, 1.82) is 0 Å². The molecule has 0 saturated heterocycles. The highest BCUT2D eigenvalue weighted by atomic mass is 35.5. The van der Waals surface area contributed by atoms with E-state index >= 15 is 0 Å². The average molecular weight is 467 g/mol. The van der Waals surface area contributed by atoms with Crippen molar-refractivity contribution in [3.8, 4) is 0 Å². The van der Waals surface area contributed by atoms with Crippen LogP contribution >= 0.6 is 11.6 Å². The summed E-state index contributed by atoms with van der Waals surface area (Å²) in [6.07, 6.45) is 1.05. The molecule has 0 aliphatic carbocycles. The molecule has 0 spiro atoms. The molecule has 2 amide bonds. The van der Waals surface area contributed by atoms with Crippen LogP contribution < -0.4 is 5.32 Å². The Kier molecular flexibility index (Phi) is 9.02. The minimum atomic E-state index is -0.698. The van der Waals surface area contributed by atoms with Crippen LogP contribution in [-0.2, 0) is 29.0 Å². The lowest BCUT2D eigenvalue weighted by atomic mass is 10.0. The number of nitrogens with one attached hydrogen (secondary N) is 1. The Morgan fingerprint density at radius 3 is 2.27 bits per heavy atom. The van der Waals surface area contributed by atoms with Crippen molar-refractivity contribution < 1.29 is 14.0 Å². The zero-order valence-electron chi connectivity index (χ0n) is 18.6. The Labute approximate surface area is 199 Å². The van der Waals surface area contributed by atoms with Gasteiger partial charge in [-0.2, -0.15) is 0 Å². The fraction of sp³-hybridized carbons (Fsp3) is 0.259. The fourth-order valence-electron chi connectivity index (χ4n) is 3.72. The number of hydrogen-bond donors (Lipinski definition) is 1. The maximum Gasteiger partial charge on any atom is 0.243 e. The molecule has 172 valence electrons. The minimum absolute atomic E-state index is 0.161. The third-order valence-electron chi connectivity index (χ3n) is 5.45. The summed E-state index contributed by atoms with van der Waals surface area (Å²) < 4.78 is 13.4. The van der Waals surface area contributed by atoms with Crippen LogP contribution in [-0.4, -0.2) is 29.3 Å². The lowest BCUT2D eigenvalue weighted by Gasteiger charge is -2.31. The van der Waals surface area contributed by atoms with E-state index in [1.54, 1.807) is 23.1 Å². The van der Waals surface area contributed by atoms with Gasteiger partial charge < -0.3 is 10.2 Å². The first-order valence-electron chi connectivity index (χ1n) is 11.1. The summed E-state index contributed by atoms with van der Waals surface area (Å²) >= 11 is 6.27. The van der Waals surface area contributed by atoms with E-state index < -0.39 is 6.04 Å². The monoisotopic (exact) mass is 466 g/mol. The summed E-state index contributed by atoms with van der Waals surface area (Å²) in [6, 6.07) is 22.3. The highest BCUT2D eigenvalue weighted by molar-refractivity contribution is 6.31. The van der Waals surface area contributed by atoms with E-state index in [2.05, 4.69) is 5.32 Å². The Balaban J connectivity index is 1.89. The molecule has 1 N–H and O–H groups in total. The van der Waals surface area contributed by atoms with Crippen molar-refractivity contribution in [3.05, 3.63) is 106 Å². The van der Waals surface area contributed by atoms with Gasteiger partial charge >= 0.3 is 0 Å². The number of halogens is 2. The Bertz CT molecular complexity index is 1060. The van der Waals surface area contributed by atoms with E-state index in [0.717, 1.165) is 16.7 Å². The summed E-state index contributed by atoms with van der Waals surface area (Å²) in [4.78, 5) is 28.1. The van der Waals surface area contributed by atoms with Crippen LogP contribution in [0.3, 0.4) is 0 Å². The van der Waals surface area contributed by atoms with Crippen molar-refractivity contribution in [3.63, 3.8) is 0 Å². The standard InChI is InChI=1S/C27H28ClFN2O2/c1-2-30-27(33)25(18-20-8-4-3-5-9-20)31(19-21-12-15-23(29)16-13-21)26(32)17-14-22-10-6-7-11-24(22)28/h3-13,15-16,25H,2,14,17-19H2,1H3,(H,30,33)/t25-/m0/s1. The van der Waals surface area contributed by atoms with Gasteiger partial charge in [0.15, 0.2) is 0 Å². The molecule has 6 heteroatoms. The minimum Gasteiger partial charge on any atom is -0.355 e. The van der Waals surface area contributed by atoms with Gasteiger partial charge in [0.2, 0.25) is 11.8 Å². The van der Waals surface area contributed by atoms with Gasteiger partial charge in [-0.25, -0.2) is 4.39 Å². The van der Waals surface area contributed by atoms with Crippen LogP contribution in [0, 0.1) is 5.82 Å². The van der Waals surface area contributed by atoms with Crippen molar-refractivity contribution in [2.45, 2.75) is 38.8 Å². The zero-order valence-corrected chi connectivity index (χ0v) is 19.4. The number of likely N-dealkylation sites (N-methyl/N-ethyl adjacent to an activating group) is 1. The largest absolute Gasteiger partial charge is 0.355 e. The maximum absolute atomic E-state index is 13.5. The van der Waals surface area contributed by atoms with Gasteiger partial charge in [0.1, 0.15) is 11.9 Å². The van der Waals surface area contributed by atoms with Gasteiger partial charge in [0.05, 0.1) is 0 Å². The van der Waals surface area contributed by atoms with Crippen LogP contribution in [0.2, 0.25) is 5.02 Å². The molecule has 3 aromatic carbocycles. The van der Waals surface area contributed by atoms with Crippen LogP contribution in [0.25, 0.3) is 0 Å². The SMILES string of the molecule is CCNC(=O)[C@H](Cc1ccccc1)N(Cc1ccc(F)cc1)C(=O)CCc1ccccc1Cl. The molecule has 0 saturated carbocycles. The average Bonchev–Trinajstić information content (AvgIpc) is 2.82. The second kappa shape index (κ2) is 12.2. The molecule has 0 fully saturated rings. The number of aryl methyl sites for hydroxylation is 1. The second-order valence-corrected chi connectivity index (χ2v) is 8.25. The van der Waals surface area contributed by atoms with Gasteiger partial charge in [-0.15, -0.1) is 0 Å². The van der Waals surface area contributed by atoms with E-state index in [1.165, 1.54) is 12.1 Å². The molecule has 4 nitrogen and oxygen atoms in total. The number of benzene rings is 3. The summed E-state index contributed by atoms with van der Waals surface area (Å²) in [6.45, 7) is 2.51. The molecule has 0 aliphatic heterocycles. The first kappa shape index (κ1) is 24.5. The molecule has 3 rings (SSSR count). The Morgan fingerprint density at radius 2 is 1.61 bits per heavy atom. The van der Waals surface area contributed by atoms with Crippen LogP contribution in [0.15, 0.2) is 78.9 Å². The van der Waals surface area contributed by atoms with Crippen molar-refractivity contribution in [2.24, 2.45) is 0 Å². The molecule has 0 heterocycles. The zero-order chi connectivity index (χ0) is 23.6. The topological polar surface area (TPSA) is 49.4 Å². The summed E-state index contributed by atoms with van der Waals surface area (Å²) in [7, 11) is 0. The van der Waals surface area contributed by atoms with Gasteiger partial charge in [0, 0.05) is 31.0 Å². The Morgan fingerprint density at radius 1 is 0.939 bits per heavy atom. The summed E-state index contributed by atoms with van der Waals surface area (Å²) in [5, 5.41) is 3.48. The van der Waals surface area contributed by atoms with Gasteiger partial charge in [-0.3, -0.25) is 9.59 Å². The summed E-state index contributed by atoms with van der Waals surface area (Å²) in [5.41, 5.74) is 2.59. The quantitative estimate of drug-likeness (QED) is 0.447. The third-order valence-corrected chi connectivity index (χ3v) is 5.82. The van der Waals surface area contributed by atoms with Crippen LogP contribution in [0.5, 0.6) is 0 Å². The number of carbonyl (C=O) groups is 2. The smallest absolute Gasteiger partial charge is 0.243 e. The van der Waals surface area contributed by atoms with Crippen molar-refractivity contribution >= 4 is 23.4 Å². The van der Waals surface area contributed by atoms with Crippen molar-refractivity contribution in [2.75, 3.05) is 6.54 Å². The van der Waals surface area contributed by atoms with E-state index in [9.17, 15) is 14.0 Å². The summed E-state index contributed by atoms with van der Waals surface area (Å²) in [5.74, 6) is -0.721. The number of nitrogens with zero attached hydrogens (tertiary/aromatic N) is 1. The first-order valence-corrected chi connectivity index (χ1v) is 11.4. The molecular formula is C27H28ClFN2O2. The molecule has 0 aromatic heterocycles. The first-order chi connectivity index (χ1) is 16.0. The second-order valence-electron chi connectivity index (χ2n) is 7.84. The molecule has 0 bridgehead atoms. The predicted octanol–water partition coefficient (Wildman–Crippen LogP) is 5.19. The number of amides is 2. The molecule has 33 heavy (non-hydrogen) atoms. The normalized spacial score (nSPS) is 11.6. The van der Waals surface area contributed by atoms with Gasteiger partial charge in [0.25, 0.3) is 0 Å². The number of carbonyl (C=O) groups excluding carboxylic acids is 2. The van der Waals surface area contributed by atoms with Crippen LogP contribution in [0.4, 0.5) is 4.39 Å². The molecule has 1 atom stereocenters. The maximum atomic E-state index is 13.5. The predicted molar refractivity (Wildman–Crippen MR) is 129 cm³/mol. The van der Waals surface area contributed by atoms with Gasteiger partial charge in [-0.1, -0.05) is 72.3 Å². The lowest BCUT2D eigenvalue weighted by Crippen LogP contribution is -2.50. The highest BCUT2D eigenvalue weighted by Crippen LogP contribution is 2.20. The van der Waals surface area contributed by atoms with Gasteiger partial charge in [-0.05, 0) is 48.2 Å². The molecular weight excluding hydrogens is 439 g/mol. The highest BCUT2D eigenvalue weighted by Gasteiger charge is 2.30. The molecule has 0 unspecified atom stereocenters. The van der Waals surface area contributed by atoms with E-state index in [-0.39, 0.29) is 30.6 Å². The van der Waals surface area contributed by atoms with E-state index in [0.29, 0.717) is 24.4 Å². The lowest BCUT2D eigenvalue weighted by molar-refractivity contribution is -0.141. The fourth-order valence-corrected chi connectivity index (χ4v) is 3.95. The van der Waals surface area contributed by atoms with E-state index in [1.807, 2.05) is 55.5 Å². The number of rotatable bonds is 10. The molecule has 0 radical (unpaired) electrons. The Hall–Kier alpha value is -3.18. The van der Waals surface area contributed by atoms with E-state index in [4.69, 9.17) is 11.6 Å². The van der Waals surface area contributed by atoms with Crippen LogP contribution in [0.1, 0.15) is 30.0 Å². The molecule has 3 aromatic rings. The third kappa shape index (κ3) is 7.16.